The molecular weight excluding hydrogens is 322 g/mol. The lowest BCUT2D eigenvalue weighted by molar-refractivity contribution is -0.384. The molecule has 0 radical (unpaired) electrons. The standard InChI is InChI=1S/C17H15N5O3/c23-15(17-20-12-4-1-2-5-13(12)21-17)10-8-11(9-10)19-16-14(22(24)25)6-3-7-18-16/h1-7,10-11H,8-9H2,(H,18,19)(H,20,21). The zero-order chi connectivity index (χ0) is 17.4. The van der Waals surface area contributed by atoms with E-state index >= 15 is 0 Å². The van der Waals surface area contributed by atoms with Crippen molar-refractivity contribution in [1.29, 1.82) is 0 Å². The quantitative estimate of drug-likeness (QED) is 0.420. The average molecular weight is 337 g/mol. The third kappa shape index (κ3) is 2.82. The highest BCUT2D eigenvalue weighted by molar-refractivity contribution is 5.98. The lowest BCUT2D eigenvalue weighted by atomic mass is 9.77. The normalized spacial score (nSPS) is 19.4. The van der Waals surface area contributed by atoms with Gasteiger partial charge in [0, 0.05) is 24.2 Å². The number of rotatable bonds is 5. The highest BCUT2D eigenvalue weighted by Gasteiger charge is 2.37. The van der Waals surface area contributed by atoms with Crippen LogP contribution in [0.4, 0.5) is 11.5 Å². The molecule has 25 heavy (non-hydrogen) atoms. The minimum absolute atomic E-state index is 0.00747. The number of fused-ring (bicyclic) bond motifs is 1. The highest BCUT2D eigenvalue weighted by atomic mass is 16.6. The molecule has 8 heteroatoms. The first kappa shape index (κ1) is 15.3. The van der Waals surface area contributed by atoms with E-state index in [1.54, 1.807) is 0 Å². The van der Waals surface area contributed by atoms with Crippen LogP contribution >= 0.6 is 0 Å². The summed E-state index contributed by atoms with van der Waals surface area (Å²) in [4.78, 5) is 34.5. The summed E-state index contributed by atoms with van der Waals surface area (Å²) in [5, 5.41) is 14.1. The van der Waals surface area contributed by atoms with Crippen LogP contribution in [0.2, 0.25) is 0 Å². The molecule has 0 atom stereocenters. The Morgan fingerprint density at radius 3 is 2.80 bits per heavy atom. The van der Waals surface area contributed by atoms with E-state index in [1.807, 2.05) is 24.3 Å². The van der Waals surface area contributed by atoms with Gasteiger partial charge in [0.2, 0.25) is 11.6 Å². The maximum atomic E-state index is 12.5. The molecule has 2 aromatic heterocycles. The Morgan fingerprint density at radius 2 is 2.04 bits per heavy atom. The fourth-order valence-electron chi connectivity index (χ4n) is 3.06. The largest absolute Gasteiger partial charge is 0.362 e. The van der Waals surface area contributed by atoms with E-state index < -0.39 is 4.92 Å². The number of H-pyrrole nitrogens is 1. The van der Waals surface area contributed by atoms with Crippen molar-refractivity contribution in [3.63, 3.8) is 0 Å². The summed E-state index contributed by atoms with van der Waals surface area (Å²) < 4.78 is 0. The van der Waals surface area contributed by atoms with Crippen LogP contribution in [0, 0.1) is 16.0 Å². The SMILES string of the molecule is O=C(c1nc2ccccc2[nH]1)C1CC(Nc2ncccc2[N+](=O)[O-])C1. The smallest absolute Gasteiger partial charge is 0.311 e. The molecule has 0 bridgehead atoms. The molecule has 0 aliphatic heterocycles. The van der Waals surface area contributed by atoms with Crippen LogP contribution in [0.3, 0.4) is 0 Å². The molecule has 0 unspecified atom stereocenters. The van der Waals surface area contributed by atoms with E-state index in [0.717, 1.165) is 11.0 Å². The van der Waals surface area contributed by atoms with Gasteiger partial charge >= 0.3 is 5.69 Å². The second-order valence-corrected chi connectivity index (χ2v) is 6.10. The number of aromatic nitrogens is 3. The maximum Gasteiger partial charge on any atom is 0.311 e. The lowest BCUT2D eigenvalue weighted by Crippen LogP contribution is -2.40. The number of nitrogens with zero attached hydrogens (tertiary/aromatic N) is 3. The predicted octanol–water partition coefficient (Wildman–Crippen LogP) is 2.94. The number of nitrogens with one attached hydrogen (secondary N) is 2. The fourth-order valence-corrected chi connectivity index (χ4v) is 3.06. The molecule has 2 heterocycles. The first-order valence-electron chi connectivity index (χ1n) is 7.96. The summed E-state index contributed by atoms with van der Waals surface area (Å²) in [6.07, 6.45) is 2.71. The third-order valence-corrected chi connectivity index (χ3v) is 4.46. The number of carbonyl (C=O) groups is 1. The van der Waals surface area contributed by atoms with E-state index in [4.69, 9.17) is 0 Å². The van der Waals surface area contributed by atoms with E-state index in [1.165, 1.54) is 18.3 Å². The number of imidazole rings is 1. The van der Waals surface area contributed by atoms with E-state index in [-0.39, 0.29) is 29.2 Å². The van der Waals surface area contributed by atoms with Gasteiger partial charge < -0.3 is 10.3 Å². The molecule has 4 rings (SSSR count). The number of Topliss-reactive ketones (excluding diaryl/α,β-unsaturated/α-hetero) is 1. The first-order chi connectivity index (χ1) is 12.1. The molecule has 3 aromatic rings. The van der Waals surface area contributed by atoms with Gasteiger partial charge in [-0.05, 0) is 31.0 Å². The summed E-state index contributed by atoms with van der Waals surface area (Å²) >= 11 is 0. The van der Waals surface area contributed by atoms with E-state index in [9.17, 15) is 14.9 Å². The number of carbonyl (C=O) groups excluding carboxylic acids is 1. The minimum atomic E-state index is -0.467. The number of para-hydroxylation sites is 2. The molecule has 0 saturated heterocycles. The number of hydrogen-bond donors (Lipinski definition) is 2. The molecule has 2 N–H and O–H groups in total. The average Bonchev–Trinajstić information content (AvgIpc) is 3.01. The zero-order valence-electron chi connectivity index (χ0n) is 13.2. The number of ketones is 1. The van der Waals surface area contributed by atoms with Crippen molar-refractivity contribution in [1.82, 2.24) is 15.0 Å². The Balaban J connectivity index is 1.42. The number of pyridine rings is 1. The van der Waals surface area contributed by atoms with Gasteiger partial charge in [-0.3, -0.25) is 14.9 Å². The van der Waals surface area contributed by atoms with Crippen LogP contribution in [0.25, 0.3) is 11.0 Å². The number of aromatic amines is 1. The van der Waals surface area contributed by atoms with Gasteiger partial charge in [-0.2, -0.15) is 0 Å². The van der Waals surface area contributed by atoms with Crippen LogP contribution in [-0.4, -0.2) is 31.7 Å². The molecule has 0 spiro atoms. The van der Waals surface area contributed by atoms with Gasteiger partial charge in [-0.1, -0.05) is 12.1 Å². The molecular formula is C17H15N5O3. The van der Waals surface area contributed by atoms with Crippen LogP contribution in [0.5, 0.6) is 0 Å². The highest BCUT2D eigenvalue weighted by Crippen LogP contribution is 2.34. The monoisotopic (exact) mass is 337 g/mol. The van der Waals surface area contributed by atoms with Crippen molar-refractivity contribution in [3.8, 4) is 0 Å². The van der Waals surface area contributed by atoms with Gasteiger partial charge in [-0.25, -0.2) is 9.97 Å². The van der Waals surface area contributed by atoms with Crippen molar-refractivity contribution in [2.24, 2.45) is 5.92 Å². The van der Waals surface area contributed by atoms with Crippen LogP contribution in [-0.2, 0) is 0 Å². The molecule has 1 aliphatic carbocycles. The Kier molecular flexibility index (Phi) is 3.64. The van der Waals surface area contributed by atoms with Gasteiger partial charge in [0.1, 0.15) is 0 Å². The first-order valence-corrected chi connectivity index (χ1v) is 7.96. The van der Waals surface area contributed by atoms with Crippen molar-refractivity contribution in [2.75, 3.05) is 5.32 Å². The van der Waals surface area contributed by atoms with Crippen molar-refractivity contribution < 1.29 is 9.72 Å². The van der Waals surface area contributed by atoms with Crippen LogP contribution in [0.1, 0.15) is 23.5 Å². The Morgan fingerprint density at radius 1 is 1.24 bits per heavy atom. The number of hydrogen-bond acceptors (Lipinski definition) is 6. The summed E-state index contributed by atoms with van der Waals surface area (Å²) in [6, 6.07) is 10.4. The van der Waals surface area contributed by atoms with Crippen molar-refractivity contribution in [2.45, 2.75) is 18.9 Å². The number of nitro groups is 1. The molecule has 1 saturated carbocycles. The van der Waals surface area contributed by atoms with Crippen molar-refractivity contribution >= 4 is 28.3 Å². The van der Waals surface area contributed by atoms with E-state index in [2.05, 4.69) is 20.3 Å². The Labute approximate surface area is 142 Å². The summed E-state index contributed by atoms with van der Waals surface area (Å²) in [5.74, 6) is 0.450. The predicted molar refractivity (Wildman–Crippen MR) is 91.5 cm³/mol. The maximum absolute atomic E-state index is 12.5. The second kappa shape index (κ2) is 5.97. The van der Waals surface area contributed by atoms with Gasteiger partial charge in [0.15, 0.2) is 5.82 Å². The summed E-state index contributed by atoms with van der Waals surface area (Å²) in [5.41, 5.74) is 1.54. The van der Waals surface area contributed by atoms with Crippen LogP contribution < -0.4 is 5.32 Å². The lowest BCUT2D eigenvalue weighted by Gasteiger charge is -2.34. The number of benzene rings is 1. The van der Waals surface area contributed by atoms with E-state index in [0.29, 0.717) is 18.7 Å². The Bertz CT molecular complexity index is 929. The summed E-state index contributed by atoms with van der Waals surface area (Å²) in [7, 11) is 0. The molecule has 8 nitrogen and oxygen atoms in total. The number of anilines is 1. The fraction of sp³-hybridized carbons (Fsp3) is 0.235. The second-order valence-electron chi connectivity index (χ2n) is 6.10. The summed E-state index contributed by atoms with van der Waals surface area (Å²) in [6.45, 7) is 0. The molecule has 1 fully saturated rings. The molecule has 1 aromatic carbocycles. The molecule has 0 amide bonds. The molecule has 1 aliphatic rings. The van der Waals surface area contributed by atoms with Gasteiger partial charge in [0.25, 0.3) is 0 Å². The van der Waals surface area contributed by atoms with Gasteiger partial charge in [-0.15, -0.1) is 0 Å². The zero-order valence-corrected chi connectivity index (χ0v) is 13.2. The third-order valence-electron chi connectivity index (χ3n) is 4.46. The Hall–Kier alpha value is -3.29. The molecule has 126 valence electrons. The van der Waals surface area contributed by atoms with Gasteiger partial charge in [0.05, 0.1) is 16.0 Å². The topological polar surface area (TPSA) is 114 Å². The van der Waals surface area contributed by atoms with Crippen molar-refractivity contribution in [3.05, 3.63) is 58.5 Å². The minimum Gasteiger partial charge on any atom is -0.362 e. The van der Waals surface area contributed by atoms with Crippen LogP contribution in [0.15, 0.2) is 42.6 Å².